The molecule has 0 aliphatic heterocycles. The van der Waals surface area contributed by atoms with Crippen molar-refractivity contribution in [1.82, 2.24) is 14.9 Å². The summed E-state index contributed by atoms with van der Waals surface area (Å²) in [5.41, 5.74) is 0.581. The van der Waals surface area contributed by atoms with E-state index in [1.165, 1.54) is 0 Å². The van der Waals surface area contributed by atoms with E-state index in [0.717, 1.165) is 19.3 Å². The molecule has 1 saturated carbocycles. The number of aryl methyl sites for hydroxylation is 1. The van der Waals surface area contributed by atoms with Crippen LogP contribution in [0.4, 0.5) is 0 Å². The fraction of sp³-hybridized carbons (Fsp3) is 0.750. The molecule has 1 unspecified atom stereocenters. The van der Waals surface area contributed by atoms with E-state index in [1.54, 1.807) is 6.92 Å². The normalized spacial score (nSPS) is 22.8. The molecule has 0 amide bonds. The van der Waals surface area contributed by atoms with Gasteiger partial charge in [0, 0.05) is 6.04 Å². The van der Waals surface area contributed by atoms with Crippen LogP contribution in [0.25, 0.3) is 0 Å². The lowest BCUT2D eigenvalue weighted by Gasteiger charge is -2.27. The van der Waals surface area contributed by atoms with Gasteiger partial charge in [-0.05, 0) is 25.2 Å². The summed E-state index contributed by atoms with van der Waals surface area (Å²) in [7, 11) is -3.65. The van der Waals surface area contributed by atoms with Gasteiger partial charge in [0.2, 0.25) is 10.0 Å². The molecule has 1 atom stereocenters. The Hall–Kier alpha value is -0.920. The van der Waals surface area contributed by atoms with Crippen LogP contribution < -0.4 is 4.72 Å². The SMILES string of the molecule is Cc1[nH]nc(CO)c1S(=O)(=O)NC1CCCC1(C)C. The molecule has 0 radical (unpaired) electrons. The third-order valence-electron chi connectivity index (χ3n) is 3.93. The molecule has 1 fully saturated rings. The topological polar surface area (TPSA) is 95.1 Å². The van der Waals surface area contributed by atoms with E-state index < -0.39 is 16.6 Å². The molecule has 0 aromatic carbocycles. The van der Waals surface area contributed by atoms with Gasteiger partial charge in [0.05, 0.1) is 12.3 Å². The van der Waals surface area contributed by atoms with Crippen LogP contribution in [0, 0.1) is 12.3 Å². The summed E-state index contributed by atoms with van der Waals surface area (Å²) < 4.78 is 27.7. The zero-order chi connectivity index (χ0) is 14.3. The summed E-state index contributed by atoms with van der Waals surface area (Å²) in [5, 5.41) is 15.6. The highest BCUT2D eigenvalue weighted by Gasteiger charge is 2.38. The first-order valence-electron chi connectivity index (χ1n) is 6.45. The molecule has 1 aromatic rings. The van der Waals surface area contributed by atoms with Gasteiger partial charge in [-0.1, -0.05) is 20.3 Å². The number of sulfonamides is 1. The van der Waals surface area contributed by atoms with Crippen molar-refractivity contribution in [2.75, 3.05) is 0 Å². The summed E-state index contributed by atoms with van der Waals surface area (Å²) in [6.45, 7) is 5.39. The quantitative estimate of drug-likeness (QED) is 0.772. The van der Waals surface area contributed by atoms with Gasteiger partial charge in [0.25, 0.3) is 0 Å². The first kappa shape index (κ1) is 14.5. The lowest BCUT2D eigenvalue weighted by Crippen LogP contribution is -2.41. The molecule has 0 spiro atoms. The van der Waals surface area contributed by atoms with Gasteiger partial charge in [-0.2, -0.15) is 5.10 Å². The van der Waals surface area contributed by atoms with Crippen LogP contribution in [-0.4, -0.2) is 29.8 Å². The molecule has 0 bridgehead atoms. The fourth-order valence-electron chi connectivity index (χ4n) is 2.72. The van der Waals surface area contributed by atoms with Gasteiger partial charge in [0.1, 0.15) is 10.6 Å². The van der Waals surface area contributed by atoms with E-state index >= 15 is 0 Å². The maximum atomic E-state index is 12.5. The third kappa shape index (κ3) is 2.68. The number of hydrogen-bond acceptors (Lipinski definition) is 4. The van der Waals surface area contributed by atoms with E-state index in [1.807, 2.05) is 0 Å². The Labute approximate surface area is 113 Å². The molecule has 0 saturated heterocycles. The van der Waals surface area contributed by atoms with Gasteiger partial charge in [-0.15, -0.1) is 0 Å². The second kappa shape index (κ2) is 4.88. The number of nitrogens with one attached hydrogen (secondary N) is 2. The largest absolute Gasteiger partial charge is 0.390 e. The van der Waals surface area contributed by atoms with Crippen molar-refractivity contribution in [3.8, 4) is 0 Å². The van der Waals surface area contributed by atoms with Crippen LogP contribution in [-0.2, 0) is 16.6 Å². The third-order valence-corrected chi connectivity index (χ3v) is 5.61. The van der Waals surface area contributed by atoms with Gasteiger partial charge >= 0.3 is 0 Å². The smallest absolute Gasteiger partial charge is 0.244 e. The van der Waals surface area contributed by atoms with Crippen molar-refractivity contribution < 1.29 is 13.5 Å². The van der Waals surface area contributed by atoms with Crippen molar-refractivity contribution in [1.29, 1.82) is 0 Å². The van der Waals surface area contributed by atoms with Crippen molar-refractivity contribution in [2.45, 2.75) is 57.6 Å². The average molecular weight is 287 g/mol. The maximum Gasteiger partial charge on any atom is 0.244 e. The second-order valence-corrected chi connectivity index (χ2v) is 7.49. The Bertz CT molecular complexity index is 563. The maximum absolute atomic E-state index is 12.5. The average Bonchev–Trinajstić information content (AvgIpc) is 2.82. The van der Waals surface area contributed by atoms with Crippen LogP contribution in [0.1, 0.15) is 44.5 Å². The van der Waals surface area contributed by atoms with Crippen LogP contribution in [0.2, 0.25) is 0 Å². The minimum absolute atomic E-state index is 0.0376. The summed E-state index contributed by atoms with van der Waals surface area (Å²) in [5.74, 6) is 0. The summed E-state index contributed by atoms with van der Waals surface area (Å²) in [6, 6.07) is -0.0710. The van der Waals surface area contributed by atoms with E-state index in [-0.39, 0.29) is 22.0 Å². The van der Waals surface area contributed by atoms with Gasteiger partial charge in [0.15, 0.2) is 0 Å². The highest BCUT2D eigenvalue weighted by atomic mass is 32.2. The number of aromatic amines is 1. The van der Waals surface area contributed by atoms with Crippen LogP contribution in [0.3, 0.4) is 0 Å². The number of hydrogen-bond donors (Lipinski definition) is 3. The lowest BCUT2D eigenvalue weighted by atomic mass is 9.88. The number of H-pyrrole nitrogens is 1. The highest BCUT2D eigenvalue weighted by molar-refractivity contribution is 7.89. The predicted octanol–water partition coefficient (Wildman–Crippen LogP) is 1.07. The Kier molecular flexibility index (Phi) is 3.72. The zero-order valence-electron chi connectivity index (χ0n) is 11.5. The number of nitrogens with zero attached hydrogens (tertiary/aromatic N) is 1. The van der Waals surface area contributed by atoms with Crippen molar-refractivity contribution in [3.63, 3.8) is 0 Å². The molecular weight excluding hydrogens is 266 g/mol. The first-order chi connectivity index (χ1) is 8.78. The summed E-state index contributed by atoms with van der Waals surface area (Å²) in [6.07, 6.45) is 2.88. The van der Waals surface area contributed by atoms with Crippen LogP contribution in [0.5, 0.6) is 0 Å². The summed E-state index contributed by atoms with van der Waals surface area (Å²) in [4.78, 5) is 0.0812. The molecule has 108 valence electrons. The number of aliphatic hydroxyl groups excluding tert-OH is 1. The van der Waals surface area contributed by atoms with Gasteiger partial charge in [-0.3, -0.25) is 5.10 Å². The Morgan fingerprint density at radius 2 is 2.21 bits per heavy atom. The Morgan fingerprint density at radius 3 is 2.74 bits per heavy atom. The van der Waals surface area contributed by atoms with Crippen LogP contribution >= 0.6 is 0 Å². The number of aliphatic hydroxyl groups is 1. The molecular formula is C12H21N3O3S. The molecule has 1 aliphatic carbocycles. The highest BCUT2D eigenvalue weighted by Crippen LogP contribution is 2.38. The van der Waals surface area contributed by atoms with E-state index in [9.17, 15) is 13.5 Å². The molecule has 7 heteroatoms. The van der Waals surface area contributed by atoms with Crippen molar-refractivity contribution in [2.24, 2.45) is 5.41 Å². The molecule has 6 nitrogen and oxygen atoms in total. The molecule has 1 aromatic heterocycles. The van der Waals surface area contributed by atoms with E-state index in [2.05, 4.69) is 28.8 Å². The Balaban J connectivity index is 2.31. The minimum Gasteiger partial charge on any atom is -0.390 e. The number of aromatic nitrogens is 2. The lowest BCUT2D eigenvalue weighted by molar-refractivity contribution is 0.273. The Morgan fingerprint density at radius 1 is 1.53 bits per heavy atom. The molecule has 3 N–H and O–H groups in total. The number of rotatable bonds is 4. The molecule has 19 heavy (non-hydrogen) atoms. The summed E-state index contributed by atoms with van der Waals surface area (Å²) >= 11 is 0. The second-order valence-electron chi connectivity index (χ2n) is 5.84. The minimum atomic E-state index is -3.65. The van der Waals surface area contributed by atoms with Crippen LogP contribution in [0.15, 0.2) is 4.90 Å². The van der Waals surface area contributed by atoms with Gasteiger partial charge in [-0.25, -0.2) is 13.1 Å². The van der Waals surface area contributed by atoms with Crippen molar-refractivity contribution >= 4 is 10.0 Å². The zero-order valence-corrected chi connectivity index (χ0v) is 12.3. The van der Waals surface area contributed by atoms with Crippen molar-refractivity contribution in [3.05, 3.63) is 11.4 Å². The molecule has 2 rings (SSSR count). The molecule has 1 heterocycles. The predicted molar refractivity (Wildman–Crippen MR) is 71.0 cm³/mol. The molecule has 1 aliphatic rings. The van der Waals surface area contributed by atoms with E-state index in [0.29, 0.717) is 5.69 Å². The van der Waals surface area contributed by atoms with E-state index in [4.69, 9.17) is 0 Å². The standard InChI is InChI=1S/C12H21N3O3S/c1-8-11(9(7-16)14-13-8)19(17,18)15-10-5-4-6-12(10,2)3/h10,15-16H,4-7H2,1-3H3,(H,13,14). The monoisotopic (exact) mass is 287 g/mol. The first-order valence-corrected chi connectivity index (χ1v) is 7.93. The fourth-order valence-corrected chi connectivity index (χ4v) is 4.52. The van der Waals surface area contributed by atoms with Gasteiger partial charge < -0.3 is 5.11 Å².